The van der Waals surface area contributed by atoms with E-state index in [0.29, 0.717) is 24.5 Å². The second kappa shape index (κ2) is 5.17. The highest BCUT2D eigenvalue weighted by Gasteiger charge is 1.98. The molecule has 4 nitrogen and oxygen atoms in total. The molecular weight excluding hydrogens is 214 g/mol. The lowest BCUT2D eigenvalue weighted by Crippen LogP contribution is -2.10. The van der Waals surface area contributed by atoms with E-state index < -0.39 is 0 Å². The Morgan fingerprint density at radius 1 is 1.41 bits per heavy atom. The molecule has 0 bridgehead atoms. The van der Waals surface area contributed by atoms with Crippen LogP contribution in [0.25, 0.3) is 0 Å². The van der Waals surface area contributed by atoms with E-state index in [1.54, 1.807) is 18.3 Å². The third-order valence-corrected chi connectivity index (χ3v) is 2.46. The van der Waals surface area contributed by atoms with E-state index in [1.807, 2.05) is 29.8 Å². The molecule has 0 fully saturated rings. The maximum atomic E-state index is 8.75. The van der Waals surface area contributed by atoms with Gasteiger partial charge in [-0.1, -0.05) is 6.07 Å². The Labute approximate surface area is 100 Å². The van der Waals surface area contributed by atoms with Crippen molar-refractivity contribution < 1.29 is 4.74 Å². The molecule has 0 aliphatic rings. The molecule has 0 atom stereocenters. The monoisotopic (exact) mass is 227 g/mol. The van der Waals surface area contributed by atoms with E-state index in [2.05, 4.69) is 11.2 Å². The fourth-order valence-corrected chi connectivity index (χ4v) is 1.54. The number of hydrogen-bond acceptors (Lipinski definition) is 3. The third-order valence-electron chi connectivity index (χ3n) is 2.46. The molecule has 0 aliphatic heterocycles. The van der Waals surface area contributed by atoms with Crippen LogP contribution in [0.1, 0.15) is 11.3 Å². The lowest BCUT2D eigenvalue weighted by molar-refractivity contribution is 0.290. The molecule has 0 aliphatic carbocycles. The fraction of sp³-hybridized carbons (Fsp3) is 0.231. The number of aryl methyl sites for hydroxylation is 1. The van der Waals surface area contributed by atoms with Gasteiger partial charge < -0.3 is 4.74 Å². The van der Waals surface area contributed by atoms with Crippen LogP contribution in [0, 0.1) is 18.3 Å². The Bertz CT molecular complexity index is 540. The van der Waals surface area contributed by atoms with Gasteiger partial charge in [-0.15, -0.1) is 0 Å². The van der Waals surface area contributed by atoms with Gasteiger partial charge in [-0.3, -0.25) is 4.68 Å². The van der Waals surface area contributed by atoms with Crippen LogP contribution in [-0.4, -0.2) is 16.4 Å². The van der Waals surface area contributed by atoms with Crippen LogP contribution in [0.5, 0.6) is 5.75 Å². The van der Waals surface area contributed by atoms with Crippen molar-refractivity contribution >= 4 is 0 Å². The topological polar surface area (TPSA) is 50.8 Å². The first-order chi connectivity index (χ1) is 8.29. The summed E-state index contributed by atoms with van der Waals surface area (Å²) in [6.45, 7) is 3.25. The summed E-state index contributed by atoms with van der Waals surface area (Å²) < 4.78 is 7.45. The Kier molecular flexibility index (Phi) is 3.41. The van der Waals surface area contributed by atoms with Crippen LogP contribution in [0.2, 0.25) is 0 Å². The minimum absolute atomic E-state index is 0.539. The van der Waals surface area contributed by atoms with Gasteiger partial charge in [0.1, 0.15) is 12.4 Å². The highest BCUT2D eigenvalue weighted by Crippen LogP contribution is 2.12. The van der Waals surface area contributed by atoms with Crippen molar-refractivity contribution in [1.82, 2.24) is 9.78 Å². The van der Waals surface area contributed by atoms with E-state index in [9.17, 15) is 0 Å². The molecule has 2 rings (SSSR count). The number of ether oxygens (including phenoxy) is 1. The summed E-state index contributed by atoms with van der Waals surface area (Å²) in [5.74, 6) is 0.717. The van der Waals surface area contributed by atoms with Crippen LogP contribution in [0.3, 0.4) is 0 Å². The van der Waals surface area contributed by atoms with Crippen LogP contribution >= 0.6 is 0 Å². The van der Waals surface area contributed by atoms with Crippen LogP contribution in [-0.2, 0) is 6.54 Å². The second-order valence-corrected chi connectivity index (χ2v) is 3.68. The first-order valence-corrected chi connectivity index (χ1v) is 5.41. The molecule has 17 heavy (non-hydrogen) atoms. The minimum Gasteiger partial charge on any atom is -0.492 e. The minimum atomic E-state index is 0.539. The van der Waals surface area contributed by atoms with Crippen LogP contribution in [0.15, 0.2) is 36.5 Å². The van der Waals surface area contributed by atoms with Gasteiger partial charge >= 0.3 is 0 Å². The first kappa shape index (κ1) is 11.2. The van der Waals surface area contributed by atoms with Gasteiger partial charge in [-0.2, -0.15) is 10.4 Å². The Hall–Kier alpha value is -2.28. The lowest BCUT2D eigenvalue weighted by Gasteiger charge is -2.07. The Morgan fingerprint density at radius 2 is 2.29 bits per heavy atom. The average Bonchev–Trinajstić information content (AvgIpc) is 2.76. The summed E-state index contributed by atoms with van der Waals surface area (Å²) in [5, 5.41) is 12.9. The van der Waals surface area contributed by atoms with Crippen molar-refractivity contribution in [3.8, 4) is 11.8 Å². The molecule has 86 valence electrons. The Balaban J connectivity index is 1.90. The molecule has 2 aromatic rings. The van der Waals surface area contributed by atoms with Gasteiger partial charge in [0, 0.05) is 11.9 Å². The predicted octanol–water partition coefficient (Wildman–Crippen LogP) is 2.14. The molecule has 1 heterocycles. The number of nitrogens with zero attached hydrogens (tertiary/aromatic N) is 3. The molecule has 0 N–H and O–H groups in total. The molecule has 0 radical (unpaired) electrons. The smallest absolute Gasteiger partial charge is 0.120 e. The number of benzene rings is 1. The molecule has 1 aromatic carbocycles. The summed E-state index contributed by atoms with van der Waals surface area (Å²) in [6.07, 6.45) is 1.77. The van der Waals surface area contributed by atoms with Gasteiger partial charge in [-0.25, -0.2) is 0 Å². The predicted molar refractivity (Wildman–Crippen MR) is 63.6 cm³/mol. The van der Waals surface area contributed by atoms with E-state index in [-0.39, 0.29) is 0 Å². The van der Waals surface area contributed by atoms with Crippen LogP contribution in [0.4, 0.5) is 0 Å². The summed E-state index contributed by atoms with van der Waals surface area (Å²) in [7, 11) is 0. The molecule has 1 aromatic heterocycles. The number of hydrogen-bond donors (Lipinski definition) is 0. The zero-order valence-electron chi connectivity index (χ0n) is 9.63. The fourth-order valence-electron chi connectivity index (χ4n) is 1.54. The van der Waals surface area contributed by atoms with Gasteiger partial charge in [0.05, 0.1) is 18.2 Å². The standard InChI is InChI=1S/C13H13N3O/c1-11-5-6-15-16(11)7-8-17-13-4-2-3-12(9-13)10-14/h2-6,9H,7-8H2,1H3. The van der Waals surface area contributed by atoms with Crippen molar-refractivity contribution in [1.29, 1.82) is 5.26 Å². The maximum absolute atomic E-state index is 8.75. The van der Waals surface area contributed by atoms with Crippen LogP contribution < -0.4 is 4.74 Å². The van der Waals surface area contributed by atoms with Crippen molar-refractivity contribution in [3.05, 3.63) is 47.8 Å². The van der Waals surface area contributed by atoms with E-state index in [1.165, 1.54) is 0 Å². The molecular formula is C13H13N3O. The molecule has 4 heteroatoms. The number of nitriles is 1. The summed E-state index contributed by atoms with van der Waals surface area (Å²) in [4.78, 5) is 0. The molecule has 0 amide bonds. The third kappa shape index (κ3) is 2.85. The average molecular weight is 227 g/mol. The van der Waals surface area contributed by atoms with Crippen molar-refractivity contribution in [2.75, 3.05) is 6.61 Å². The molecule has 0 saturated carbocycles. The lowest BCUT2D eigenvalue weighted by atomic mass is 10.2. The van der Waals surface area contributed by atoms with Gasteiger partial charge in [0.2, 0.25) is 0 Å². The Morgan fingerprint density at radius 3 is 3.00 bits per heavy atom. The highest BCUT2D eigenvalue weighted by atomic mass is 16.5. The normalized spacial score (nSPS) is 9.88. The SMILES string of the molecule is Cc1ccnn1CCOc1cccc(C#N)c1. The first-order valence-electron chi connectivity index (χ1n) is 5.41. The largest absolute Gasteiger partial charge is 0.492 e. The second-order valence-electron chi connectivity index (χ2n) is 3.68. The zero-order chi connectivity index (χ0) is 12.1. The maximum Gasteiger partial charge on any atom is 0.120 e. The zero-order valence-corrected chi connectivity index (χ0v) is 9.63. The quantitative estimate of drug-likeness (QED) is 0.804. The van der Waals surface area contributed by atoms with Gasteiger partial charge in [0.15, 0.2) is 0 Å². The van der Waals surface area contributed by atoms with Gasteiger partial charge in [0.25, 0.3) is 0 Å². The summed E-state index contributed by atoms with van der Waals surface area (Å²) in [6, 6.07) is 11.2. The van der Waals surface area contributed by atoms with E-state index in [0.717, 1.165) is 5.69 Å². The number of rotatable bonds is 4. The van der Waals surface area contributed by atoms with E-state index in [4.69, 9.17) is 10.00 Å². The van der Waals surface area contributed by atoms with Crippen molar-refractivity contribution in [2.24, 2.45) is 0 Å². The van der Waals surface area contributed by atoms with E-state index >= 15 is 0 Å². The van der Waals surface area contributed by atoms with Crippen molar-refractivity contribution in [2.45, 2.75) is 13.5 Å². The summed E-state index contributed by atoms with van der Waals surface area (Å²) in [5.41, 5.74) is 1.72. The number of aromatic nitrogens is 2. The van der Waals surface area contributed by atoms with Gasteiger partial charge in [-0.05, 0) is 31.2 Å². The molecule has 0 saturated heterocycles. The molecule has 0 spiro atoms. The molecule has 0 unspecified atom stereocenters. The highest BCUT2D eigenvalue weighted by molar-refractivity contribution is 5.36. The summed E-state index contributed by atoms with van der Waals surface area (Å²) >= 11 is 0. The van der Waals surface area contributed by atoms with Crippen molar-refractivity contribution in [3.63, 3.8) is 0 Å².